The molecule has 9 heteroatoms. The van der Waals surface area contributed by atoms with Crippen molar-refractivity contribution in [1.82, 2.24) is 19.7 Å². The van der Waals surface area contributed by atoms with E-state index in [9.17, 15) is 4.79 Å². The van der Waals surface area contributed by atoms with Gasteiger partial charge in [-0.15, -0.1) is 5.10 Å². The number of methoxy groups -OCH3 is 1. The van der Waals surface area contributed by atoms with E-state index < -0.39 is 0 Å². The summed E-state index contributed by atoms with van der Waals surface area (Å²) in [5.41, 5.74) is 1.05. The average molecular weight is 401 g/mol. The molecule has 0 spiro atoms. The monoisotopic (exact) mass is 400 g/mol. The van der Waals surface area contributed by atoms with Gasteiger partial charge in [0.25, 0.3) is 5.91 Å². The van der Waals surface area contributed by atoms with Gasteiger partial charge in [0.15, 0.2) is 0 Å². The quantitative estimate of drug-likeness (QED) is 0.684. The third-order valence-corrected chi connectivity index (χ3v) is 5.04. The van der Waals surface area contributed by atoms with Gasteiger partial charge in [0.1, 0.15) is 5.75 Å². The number of anilines is 2. The molecule has 3 heterocycles. The zero-order chi connectivity index (χ0) is 19.5. The Hall–Kier alpha value is -3.00. The van der Waals surface area contributed by atoms with E-state index in [0.717, 1.165) is 31.6 Å². The first-order valence-electron chi connectivity index (χ1n) is 9.15. The number of ether oxygens (including phenoxy) is 1. The van der Waals surface area contributed by atoms with E-state index in [1.165, 1.54) is 13.5 Å². The summed E-state index contributed by atoms with van der Waals surface area (Å²) >= 11 is 6.40. The Labute approximate surface area is 167 Å². The molecular formula is C19H21ClN6O2. The number of H-pyrrole nitrogens is 1. The van der Waals surface area contributed by atoms with E-state index >= 15 is 0 Å². The molecule has 146 valence electrons. The first-order chi connectivity index (χ1) is 13.7. The molecule has 3 aromatic rings. The Morgan fingerprint density at radius 3 is 2.68 bits per heavy atom. The van der Waals surface area contributed by atoms with Crippen LogP contribution in [0.1, 0.15) is 29.6 Å². The summed E-state index contributed by atoms with van der Waals surface area (Å²) in [6.45, 7) is 1.85. The second kappa shape index (κ2) is 7.93. The summed E-state index contributed by atoms with van der Waals surface area (Å²) in [6, 6.07) is 7.12. The number of benzene rings is 1. The van der Waals surface area contributed by atoms with E-state index in [4.69, 9.17) is 16.3 Å². The number of rotatable bonds is 5. The summed E-state index contributed by atoms with van der Waals surface area (Å²) in [4.78, 5) is 19.3. The second-order valence-electron chi connectivity index (χ2n) is 6.58. The molecule has 0 aliphatic carbocycles. The number of amides is 1. The molecule has 4 rings (SSSR count). The van der Waals surface area contributed by atoms with Crippen molar-refractivity contribution in [2.75, 3.05) is 30.4 Å². The number of carbonyl (C=O) groups excluding carboxylic acids is 1. The maximum absolute atomic E-state index is 12.8. The molecule has 28 heavy (non-hydrogen) atoms. The van der Waals surface area contributed by atoms with Gasteiger partial charge in [-0.2, -0.15) is 4.98 Å². The molecule has 2 aromatic heterocycles. The largest absolute Gasteiger partial charge is 0.496 e. The Bertz CT molecular complexity index is 963. The third-order valence-electron chi connectivity index (χ3n) is 4.74. The predicted molar refractivity (Wildman–Crippen MR) is 108 cm³/mol. The first-order valence-corrected chi connectivity index (χ1v) is 9.53. The molecule has 8 nitrogen and oxygen atoms in total. The fourth-order valence-electron chi connectivity index (χ4n) is 3.30. The molecule has 0 bridgehead atoms. The Balaban J connectivity index is 1.55. The maximum Gasteiger partial charge on any atom is 0.261 e. The molecule has 0 radical (unpaired) electrons. The lowest BCUT2D eigenvalue weighted by Gasteiger charge is -2.24. The molecule has 0 unspecified atom stereocenters. The SMILES string of the molecule is COc1cc(-n2cccc2)c(Cl)cc1C(=O)Nc1nc(N2CCCCC2)n[nH]1. The number of hydrogen-bond acceptors (Lipinski definition) is 5. The van der Waals surface area contributed by atoms with Gasteiger partial charge in [0.2, 0.25) is 11.9 Å². The summed E-state index contributed by atoms with van der Waals surface area (Å²) < 4.78 is 7.27. The number of aromatic amines is 1. The molecule has 1 aromatic carbocycles. The minimum absolute atomic E-state index is 0.290. The summed E-state index contributed by atoms with van der Waals surface area (Å²) in [5, 5.41) is 10.2. The molecule has 1 aliphatic heterocycles. The Kier molecular flexibility index (Phi) is 5.21. The number of halogens is 1. The highest BCUT2D eigenvalue weighted by molar-refractivity contribution is 6.33. The van der Waals surface area contributed by atoms with Crippen LogP contribution in [0.2, 0.25) is 5.02 Å². The van der Waals surface area contributed by atoms with E-state index in [1.807, 2.05) is 29.1 Å². The fourth-order valence-corrected chi connectivity index (χ4v) is 3.56. The van der Waals surface area contributed by atoms with Crippen LogP contribution < -0.4 is 15.0 Å². The van der Waals surface area contributed by atoms with Gasteiger partial charge in [-0.05, 0) is 37.5 Å². The fraction of sp³-hybridized carbons (Fsp3) is 0.316. The normalized spacial score (nSPS) is 14.1. The topological polar surface area (TPSA) is 88.1 Å². The Morgan fingerprint density at radius 1 is 1.21 bits per heavy atom. The zero-order valence-electron chi connectivity index (χ0n) is 15.5. The minimum Gasteiger partial charge on any atom is -0.496 e. The molecule has 1 amide bonds. The second-order valence-corrected chi connectivity index (χ2v) is 6.99. The van der Waals surface area contributed by atoms with E-state index in [1.54, 1.807) is 12.1 Å². The zero-order valence-corrected chi connectivity index (χ0v) is 16.2. The van der Waals surface area contributed by atoms with Crippen LogP contribution >= 0.6 is 11.6 Å². The number of piperidine rings is 1. The lowest BCUT2D eigenvalue weighted by Crippen LogP contribution is -2.30. The van der Waals surface area contributed by atoms with Crippen molar-refractivity contribution in [3.63, 3.8) is 0 Å². The van der Waals surface area contributed by atoms with E-state index in [2.05, 4.69) is 25.4 Å². The molecular weight excluding hydrogens is 380 g/mol. The molecule has 1 saturated heterocycles. The highest BCUT2D eigenvalue weighted by Gasteiger charge is 2.20. The van der Waals surface area contributed by atoms with Crippen LogP contribution in [0.25, 0.3) is 5.69 Å². The van der Waals surface area contributed by atoms with Crippen LogP contribution in [0.4, 0.5) is 11.9 Å². The van der Waals surface area contributed by atoms with Gasteiger partial charge in [-0.1, -0.05) is 11.6 Å². The van der Waals surface area contributed by atoms with Crippen LogP contribution in [-0.2, 0) is 0 Å². The van der Waals surface area contributed by atoms with Gasteiger partial charge in [-0.3, -0.25) is 10.1 Å². The minimum atomic E-state index is -0.376. The van der Waals surface area contributed by atoms with Gasteiger partial charge in [0.05, 0.1) is 23.4 Å². The van der Waals surface area contributed by atoms with E-state index in [-0.39, 0.29) is 5.91 Å². The molecule has 1 fully saturated rings. The van der Waals surface area contributed by atoms with Gasteiger partial charge in [0, 0.05) is 31.5 Å². The molecule has 0 saturated carbocycles. The average Bonchev–Trinajstić information content (AvgIpc) is 3.40. The molecule has 0 atom stereocenters. The number of nitrogens with one attached hydrogen (secondary N) is 2. The number of hydrogen-bond donors (Lipinski definition) is 2. The van der Waals surface area contributed by atoms with Crippen LogP contribution in [0.3, 0.4) is 0 Å². The number of nitrogens with zero attached hydrogens (tertiary/aromatic N) is 4. The van der Waals surface area contributed by atoms with Crippen molar-refractivity contribution in [3.8, 4) is 11.4 Å². The lowest BCUT2D eigenvalue weighted by atomic mass is 10.1. The van der Waals surface area contributed by atoms with Crippen molar-refractivity contribution in [2.45, 2.75) is 19.3 Å². The lowest BCUT2D eigenvalue weighted by molar-refractivity contribution is 0.102. The van der Waals surface area contributed by atoms with Crippen LogP contribution in [0.15, 0.2) is 36.7 Å². The number of aromatic nitrogens is 4. The summed E-state index contributed by atoms with van der Waals surface area (Å²) in [6.07, 6.45) is 7.22. The third kappa shape index (κ3) is 3.68. The molecule has 2 N–H and O–H groups in total. The van der Waals surface area contributed by atoms with Crippen LogP contribution in [-0.4, -0.2) is 45.9 Å². The molecule has 1 aliphatic rings. The number of carbonyl (C=O) groups is 1. The van der Waals surface area contributed by atoms with Crippen LogP contribution in [0.5, 0.6) is 5.75 Å². The maximum atomic E-state index is 12.8. The van der Waals surface area contributed by atoms with Crippen molar-refractivity contribution >= 4 is 29.4 Å². The highest BCUT2D eigenvalue weighted by atomic mass is 35.5. The van der Waals surface area contributed by atoms with Crippen molar-refractivity contribution < 1.29 is 9.53 Å². The van der Waals surface area contributed by atoms with Crippen molar-refractivity contribution in [2.24, 2.45) is 0 Å². The van der Waals surface area contributed by atoms with Gasteiger partial charge in [-0.25, -0.2) is 5.10 Å². The van der Waals surface area contributed by atoms with Crippen molar-refractivity contribution in [1.29, 1.82) is 0 Å². The predicted octanol–water partition coefficient (Wildman–Crippen LogP) is 3.50. The summed E-state index contributed by atoms with van der Waals surface area (Å²) in [7, 11) is 1.52. The smallest absolute Gasteiger partial charge is 0.261 e. The summed E-state index contributed by atoms with van der Waals surface area (Å²) in [5.74, 6) is 0.932. The first kappa shape index (κ1) is 18.4. The van der Waals surface area contributed by atoms with Crippen LogP contribution in [0, 0.1) is 0 Å². The standard InChI is InChI=1S/C19H21ClN6O2/c1-28-16-12-15(25-7-5-6-8-25)14(20)11-13(16)17(27)21-18-22-19(24-23-18)26-9-3-2-4-10-26/h5-8,11-12H,2-4,9-10H2,1H3,(H2,21,22,23,24,27). The highest BCUT2D eigenvalue weighted by Crippen LogP contribution is 2.30. The van der Waals surface area contributed by atoms with E-state index in [0.29, 0.717) is 28.2 Å². The van der Waals surface area contributed by atoms with Gasteiger partial charge >= 0.3 is 0 Å². The Morgan fingerprint density at radius 2 is 1.96 bits per heavy atom. The van der Waals surface area contributed by atoms with Crippen molar-refractivity contribution in [3.05, 3.63) is 47.2 Å². The van der Waals surface area contributed by atoms with Gasteiger partial charge < -0.3 is 14.2 Å².